The highest BCUT2D eigenvalue weighted by molar-refractivity contribution is 5.96. The van der Waals surface area contributed by atoms with Gasteiger partial charge in [-0.15, -0.1) is 0 Å². The molecule has 0 bridgehead atoms. The molecule has 0 radical (unpaired) electrons. The van der Waals surface area contributed by atoms with Gasteiger partial charge in [-0.2, -0.15) is 0 Å². The molecule has 8 nitrogen and oxygen atoms in total. The van der Waals surface area contributed by atoms with Gasteiger partial charge in [-0.1, -0.05) is 19.9 Å². The molecule has 2 amide bonds. The molecule has 1 saturated carbocycles. The van der Waals surface area contributed by atoms with Crippen LogP contribution in [0.5, 0.6) is 0 Å². The van der Waals surface area contributed by atoms with E-state index in [-0.39, 0.29) is 12.0 Å². The molecular formula is C26H36N4O4. The first-order valence-electron chi connectivity index (χ1n) is 12.1. The number of ether oxygens (including phenoxy) is 1. The zero-order valence-electron chi connectivity index (χ0n) is 20.7. The minimum absolute atomic E-state index is 0.0268. The Morgan fingerprint density at radius 2 is 1.68 bits per heavy atom. The Hall–Kier alpha value is -3.13. The first-order valence-corrected chi connectivity index (χ1v) is 12.1. The molecule has 2 aliphatic heterocycles. The Balaban J connectivity index is 0.000000771. The number of benzene rings is 1. The predicted molar refractivity (Wildman–Crippen MR) is 134 cm³/mol. The van der Waals surface area contributed by atoms with Gasteiger partial charge >= 0.3 is 6.09 Å². The molecule has 2 saturated heterocycles. The fourth-order valence-corrected chi connectivity index (χ4v) is 4.28. The summed E-state index contributed by atoms with van der Waals surface area (Å²) in [6.45, 7) is 9.98. The zero-order valence-corrected chi connectivity index (χ0v) is 20.7. The monoisotopic (exact) mass is 468 g/mol. The highest BCUT2D eigenvalue weighted by atomic mass is 16.6. The summed E-state index contributed by atoms with van der Waals surface area (Å²) in [5.41, 5.74) is 3.98. The van der Waals surface area contributed by atoms with E-state index < -0.39 is 0 Å². The summed E-state index contributed by atoms with van der Waals surface area (Å²) in [5.74, 6) is 1.77. The topological polar surface area (TPSA) is 86.2 Å². The number of piperazine rings is 1. The van der Waals surface area contributed by atoms with Crippen molar-refractivity contribution in [3.63, 3.8) is 0 Å². The number of anilines is 2. The molecule has 3 heterocycles. The van der Waals surface area contributed by atoms with Gasteiger partial charge in [0, 0.05) is 50.7 Å². The average molecular weight is 469 g/mol. The molecule has 1 aromatic heterocycles. The fourth-order valence-electron chi connectivity index (χ4n) is 4.28. The molecule has 0 atom stereocenters. The molecule has 3 aliphatic rings. The largest absolute Gasteiger partial charge is 0.447 e. The number of aromatic nitrogens is 1. The molecule has 5 rings (SSSR count). The van der Waals surface area contributed by atoms with Crippen LogP contribution in [0, 0.1) is 6.92 Å². The van der Waals surface area contributed by atoms with Gasteiger partial charge in [0.05, 0.1) is 6.54 Å². The Kier molecular flexibility index (Phi) is 8.87. The van der Waals surface area contributed by atoms with E-state index in [1.807, 2.05) is 37.1 Å². The van der Waals surface area contributed by atoms with E-state index in [4.69, 9.17) is 14.8 Å². The molecule has 8 heteroatoms. The second-order valence-electron chi connectivity index (χ2n) is 8.28. The highest BCUT2D eigenvalue weighted by Crippen LogP contribution is 2.40. The zero-order chi connectivity index (χ0) is 24.7. The van der Waals surface area contributed by atoms with Gasteiger partial charge in [-0.3, -0.25) is 9.69 Å². The van der Waals surface area contributed by atoms with Gasteiger partial charge in [-0.05, 0) is 61.1 Å². The number of carbonyl (C=O) groups excluding carboxylic acids is 2. The Morgan fingerprint density at radius 3 is 2.21 bits per heavy atom. The van der Waals surface area contributed by atoms with Crippen molar-refractivity contribution < 1.29 is 19.4 Å². The van der Waals surface area contributed by atoms with Gasteiger partial charge in [0.2, 0.25) is 0 Å². The summed E-state index contributed by atoms with van der Waals surface area (Å²) in [7, 11) is 1.00. The number of carbonyl (C=O) groups is 2. The Labute approximate surface area is 202 Å². The van der Waals surface area contributed by atoms with Crippen LogP contribution in [-0.4, -0.2) is 73.4 Å². The molecule has 184 valence electrons. The lowest BCUT2D eigenvalue weighted by atomic mass is 10.1. The van der Waals surface area contributed by atoms with E-state index in [1.165, 1.54) is 24.0 Å². The van der Waals surface area contributed by atoms with Crippen molar-refractivity contribution in [3.8, 4) is 0 Å². The van der Waals surface area contributed by atoms with Crippen LogP contribution in [0.2, 0.25) is 0 Å². The maximum Gasteiger partial charge on any atom is 0.414 e. The SMILES string of the molecule is CC.CO.Cc1cc(C2CC2)cnc1N1CCN(C(=O)c2ccc(N3CCOC3=O)cc2)CC1. The number of pyridine rings is 1. The number of amides is 2. The van der Waals surface area contributed by atoms with Crippen LogP contribution in [0.4, 0.5) is 16.3 Å². The minimum Gasteiger partial charge on any atom is -0.447 e. The second kappa shape index (κ2) is 11.8. The maximum atomic E-state index is 12.9. The van der Waals surface area contributed by atoms with E-state index >= 15 is 0 Å². The van der Waals surface area contributed by atoms with Crippen molar-refractivity contribution in [2.45, 2.75) is 39.5 Å². The molecule has 0 spiro atoms. The molecule has 1 aromatic carbocycles. The lowest BCUT2D eigenvalue weighted by molar-refractivity contribution is 0.0746. The van der Waals surface area contributed by atoms with Gasteiger partial charge in [0.1, 0.15) is 12.4 Å². The third kappa shape index (κ3) is 5.67. The number of hydrogen-bond acceptors (Lipinski definition) is 6. The van der Waals surface area contributed by atoms with Crippen LogP contribution in [0.3, 0.4) is 0 Å². The standard InChI is InChI=1S/C23H26N4O3.C2H6.CH4O/c1-16-14-19(17-2-3-17)15-24-21(16)25-8-10-26(11-9-25)22(28)18-4-6-20(7-5-18)27-12-13-30-23(27)29;2*1-2/h4-7,14-15,17H,2-3,8-13H2,1H3;1-2H3;2H,1H3. The normalized spacial score (nSPS) is 17.3. The molecule has 34 heavy (non-hydrogen) atoms. The van der Waals surface area contributed by atoms with Gasteiger partial charge in [-0.25, -0.2) is 9.78 Å². The lowest BCUT2D eigenvalue weighted by Crippen LogP contribution is -2.49. The van der Waals surface area contributed by atoms with Crippen LogP contribution in [0.15, 0.2) is 36.5 Å². The van der Waals surface area contributed by atoms with Crippen molar-refractivity contribution in [2.75, 3.05) is 56.2 Å². The van der Waals surface area contributed by atoms with Crippen LogP contribution in [-0.2, 0) is 4.74 Å². The van der Waals surface area contributed by atoms with E-state index in [2.05, 4.69) is 17.9 Å². The van der Waals surface area contributed by atoms with Crippen molar-refractivity contribution in [2.24, 2.45) is 0 Å². The molecule has 0 unspecified atom stereocenters. The van der Waals surface area contributed by atoms with Gasteiger partial charge in [0.25, 0.3) is 5.91 Å². The van der Waals surface area contributed by atoms with Gasteiger partial charge < -0.3 is 19.6 Å². The Morgan fingerprint density at radius 1 is 1.03 bits per heavy atom. The number of aliphatic hydroxyl groups is 1. The molecule has 3 fully saturated rings. The van der Waals surface area contributed by atoms with E-state index in [0.29, 0.717) is 37.7 Å². The van der Waals surface area contributed by atoms with Crippen molar-refractivity contribution in [1.82, 2.24) is 9.88 Å². The predicted octanol–water partition coefficient (Wildman–Crippen LogP) is 3.82. The summed E-state index contributed by atoms with van der Waals surface area (Å²) in [5, 5.41) is 7.00. The van der Waals surface area contributed by atoms with Crippen molar-refractivity contribution in [1.29, 1.82) is 0 Å². The van der Waals surface area contributed by atoms with Crippen LogP contribution in [0.1, 0.15) is 54.1 Å². The second-order valence-corrected chi connectivity index (χ2v) is 8.28. The van der Waals surface area contributed by atoms with Crippen LogP contribution >= 0.6 is 0 Å². The minimum atomic E-state index is -0.334. The van der Waals surface area contributed by atoms with E-state index in [9.17, 15) is 9.59 Å². The van der Waals surface area contributed by atoms with Crippen molar-refractivity contribution in [3.05, 3.63) is 53.2 Å². The number of aryl methyl sites for hydroxylation is 1. The molecular weight excluding hydrogens is 432 g/mol. The summed E-state index contributed by atoms with van der Waals surface area (Å²) >= 11 is 0. The van der Waals surface area contributed by atoms with Crippen LogP contribution < -0.4 is 9.80 Å². The molecule has 1 N–H and O–H groups in total. The number of cyclic esters (lactones) is 1. The molecule has 2 aromatic rings. The lowest BCUT2D eigenvalue weighted by Gasteiger charge is -2.36. The maximum absolute atomic E-state index is 12.9. The smallest absolute Gasteiger partial charge is 0.414 e. The summed E-state index contributed by atoms with van der Waals surface area (Å²) < 4.78 is 4.97. The first kappa shape index (κ1) is 25.5. The first-order chi connectivity index (χ1) is 16.6. The van der Waals surface area contributed by atoms with Crippen molar-refractivity contribution >= 4 is 23.5 Å². The number of hydrogen-bond donors (Lipinski definition) is 1. The van der Waals surface area contributed by atoms with E-state index in [1.54, 1.807) is 17.0 Å². The molecule has 1 aliphatic carbocycles. The average Bonchev–Trinajstić information content (AvgIpc) is 3.66. The third-order valence-electron chi connectivity index (χ3n) is 6.17. The Bertz CT molecular complexity index is 967. The number of rotatable bonds is 4. The van der Waals surface area contributed by atoms with E-state index in [0.717, 1.165) is 31.7 Å². The summed E-state index contributed by atoms with van der Waals surface area (Å²) in [6.07, 6.45) is 4.25. The number of nitrogens with zero attached hydrogens (tertiary/aromatic N) is 4. The highest BCUT2D eigenvalue weighted by Gasteiger charge is 2.27. The van der Waals surface area contributed by atoms with Crippen LogP contribution in [0.25, 0.3) is 0 Å². The third-order valence-corrected chi connectivity index (χ3v) is 6.17. The fraction of sp³-hybridized carbons (Fsp3) is 0.500. The quantitative estimate of drug-likeness (QED) is 0.734. The summed E-state index contributed by atoms with van der Waals surface area (Å²) in [6, 6.07) is 9.47. The van der Waals surface area contributed by atoms with Gasteiger partial charge in [0.15, 0.2) is 0 Å². The number of aliphatic hydroxyl groups excluding tert-OH is 1. The summed E-state index contributed by atoms with van der Waals surface area (Å²) in [4.78, 5) is 35.1.